The Morgan fingerprint density at radius 1 is 0.516 bits per heavy atom. The van der Waals surface area contributed by atoms with Gasteiger partial charge in [-0.05, 0) is 72.8 Å². The number of para-hydroxylation sites is 2. The van der Waals surface area contributed by atoms with Gasteiger partial charge < -0.3 is 19.7 Å². The summed E-state index contributed by atoms with van der Waals surface area (Å²) in [4.78, 5) is -0.0466. The van der Waals surface area contributed by atoms with Gasteiger partial charge in [0.05, 0.1) is 0 Å². The van der Waals surface area contributed by atoms with Crippen LogP contribution in [0, 0.1) is 0 Å². The molecule has 0 bridgehead atoms. The van der Waals surface area contributed by atoms with E-state index in [1.54, 1.807) is 60.7 Å². The van der Waals surface area contributed by atoms with E-state index in [1.807, 2.05) is 0 Å². The summed E-state index contributed by atoms with van der Waals surface area (Å²) in [5.74, 6) is 1.21. The maximum Gasteiger partial charge on any atom is 0.213 e. The monoisotopic (exact) mass is 434 g/mol. The first-order chi connectivity index (χ1) is 14.9. The fourth-order valence-electron chi connectivity index (χ4n) is 2.91. The van der Waals surface area contributed by atoms with Crippen LogP contribution < -0.4 is 9.47 Å². The molecule has 31 heavy (non-hydrogen) atoms. The van der Waals surface area contributed by atoms with E-state index in [1.165, 1.54) is 36.4 Å². The van der Waals surface area contributed by atoms with E-state index in [2.05, 4.69) is 0 Å². The Hall–Kier alpha value is -3.97. The maximum atomic E-state index is 13.5. The molecular weight excluding hydrogens is 416 g/mol. The summed E-state index contributed by atoms with van der Waals surface area (Å²) in [7, 11) is -4.01. The van der Waals surface area contributed by atoms with Gasteiger partial charge in [0.1, 0.15) is 44.3 Å². The summed E-state index contributed by atoms with van der Waals surface area (Å²) in [5.41, 5.74) is 0. The Labute approximate surface area is 179 Å². The highest BCUT2D eigenvalue weighted by molar-refractivity contribution is 7.91. The van der Waals surface area contributed by atoms with Crippen molar-refractivity contribution in [2.75, 3.05) is 0 Å². The highest BCUT2D eigenvalue weighted by Crippen LogP contribution is 2.37. The standard InChI is InChI=1S/C24H18O6S/c25-17-9-13-19(14-10-17)29-21-5-1-3-7-23(21)31(27,28)24-8-4-2-6-22(24)30-20-15-11-18(26)12-16-20/h1-16,25-26H. The third-order valence-electron chi connectivity index (χ3n) is 4.41. The predicted molar refractivity (Wildman–Crippen MR) is 115 cm³/mol. The Morgan fingerprint density at radius 3 is 1.26 bits per heavy atom. The summed E-state index contributed by atoms with van der Waals surface area (Å²) < 4.78 is 38.6. The molecule has 7 heteroatoms. The Balaban J connectivity index is 1.73. The summed E-state index contributed by atoms with van der Waals surface area (Å²) >= 11 is 0. The van der Waals surface area contributed by atoms with Gasteiger partial charge in [0, 0.05) is 0 Å². The van der Waals surface area contributed by atoms with E-state index >= 15 is 0 Å². The fraction of sp³-hybridized carbons (Fsp3) is 0. The highest BCUT2D eigenvalue weighted by atomic mass is 32.2. The Kier molecular flexibility index (Phi) is 5.51. The predicted octanol–water partition coefficient (Wildman–Crippen LogP) is 5.52. The Bertz CT molecular complexity index is 1200. The molecule has 4 aromatic rings. The molecule has 0 fully saturated rings. The van der Waals surface area contributed by atoms with E-state index in [0.717, 1.165) is 0 Å². The van der Waals surface area contributed by atoms with Crippen LogP contribution >= 0.6 is 0 Å². The molecule has 0 unspecified atom stereocenters. The molecule has 0 radical (unpaired) electrons. The summed E-state index contributed by atoms with van der Waals surface area (Å²) in [6.07, 6.45) is 0. The normalized spacial score (nSPS) is 11.1. The minimum Gasteiger partial charge on any atom is -0.508 e. The topological polar surface area (TPSA) is 93.1 Å². The molecule has 6 nitrogen and oxygen atoms in total. The van der Waals surface area contributed by atoms with Crippen LogP contribution in [-0.2, 0) is 9.84 Å². The fourth-order valence-corrected chi connectivity index (χ4v) is 4.42. The van der Waals surface area contributed by atoms with Crippen molar-refractivity contribution in [3.63, 3.8) is 0 Å². The molecule has 0 heterocycles. The van der Waals surface area contributed by atoms with Crippen LogP contribution in [0.1, 0.15) is 0 Å². The van der Waals surface area contributed by atoms with Gasteiger partial charge >= 0.3 is 0 Å². The van der Waals surface area contributed by atoms with Gasteiger partial charge in [0.2, 0.25) is 9.84 Å². The molecule has 0 aromatic heterocycles. The van der Waals surface area contributed by atoms with Crippen molar-refractivity contribution in [1.29, 1.82) is 0 Å². The minimum atomic E-state index is -4.01. The highest BCUT2D eigenvalue weighted by Gasteiger charge is 2.26. The van der Waals surface area contributed by atoms with Crippen molar-refractivity contribution in [3.05, 3.63) is 97.1 Å². The van der Waals surface area contributed by atoms with Crippen LogP contribution in [0.4, 0.5) is 0 Å². The zero-order valence-corrected chi connectivity index (χ0v) is 17.0. The van der Waals surface area contributed by atoms with Crippen LogP contribution in [0.25, 0.3) is 0 Å². The molecule has 0 spiro atoms. The van der Waals surface area contributed by atoms with E-state index in [4.69, 9.17) is 9.47 Å². The number of benzene rings is 4. The first-order valence-corrected chi connectivity index (χ1v) is 10.8. The number of sulfone groups is 1. The van der Waals surface area contributed by atoms with Crippen LogP contribution in [0.2, 0.25) is 0 Å². The molecule has 4 aromatic carbocycles. The second-order valence-corrected chi connectivity index (χ2v) is 8.48. The van der Waals surface area contributed by atoms with Gasteiger partial charge in [-0.25, -0.2) is 8.42 Å². The lowest BCUT2D eigenvalue weighted by Gasteiger charge is -2.15. The molecule has 0 aliphatic carbocycles. The van der Waals surface area contributed by atoms with Gasteiger partial charge in [-0.3, -0.25) is 0 Å². The first-order valence-electron chi connectivity index (χ1n) is 9.30. The number of ether oxygens (including phenoxy) is 2. The molecule has 0 saturated carbocycles. The van der Waals surface area contributed by atoms with Crippen LogP contribution in [-0.4, -0.2) is 18.6 Å². The van der Waals surface area contributed by atoms with Gasteiger partial charge in [0.15, 0.2) is 0 Å². The van der Waals surface area contributed by atoms with E-state index in [9.17, 15) is 18.6 Å². The smallest absolute Gasteiger partial charge is 0.213 e. The van der Waals surface area contributed by atoms with Crippen molar-refractivity contribution < 1.29 is 28.1 Å². The number of phenols is 2. The molecule has 0 saturated heterocycles. The lowest BCUT2D eigenvalue weighted by atomic mass is 10.3. The Morgan fingerprint density at radius 2 is 0.871 bits per heavy atom. The van der Waals surface area contributed by atoms with Crippen LogP contribution in [0.15, 0.2) is 107 Å². The number of hydrogen-bond donors (Lipinski definition) is 2. The first kappa shape index (κ1) is 20.3. The minimum absolute atomic E-state index is 0.0233. The van der Waals surface area contributed by atoms with E-state index < -0.39 is 9.84 Å². The zero-order chi connectivity index (χ0) is 21.8. The quantitative estimate of drug-likeness (QED) is 0.415. The second kappa shape index (κ2) is 8.41. The third kappa shape index (κ3) is 4.46. The number of hydrogen-bond acceptors (Lipinski definition) is 6. The lowest BCUT2D eigenvalue weighted by molar-refractivity contribution is 0.453. The average molecular weight is 434 g/mol. The molecular formula is C24H18O6S. The third-order valence-corrected chi connectivity index (χ3v) is 6.24. The van der Waals surface area contributed by atoms with Crippen molar-refractivity contribution >= 4 is 9.84 Å². The largest absolute Gasteiger partial charge is 0.508 e. The second-order valence-electron chi connectivity index (χ2n) is 6.59. The van der Waals surface area contributed by atoms with E-state index in [-0.39, 0.29) is 32.8 Å². The van der Waals surface area contributed by atoms with Gasteiger partial charge in [-0.2, -0.15) is 0 Å². The average Bonchev–Trinajstić information content (AvgIpc) is 2.77. The van der Waals surface area contributed by atoms with Crippen molar-refractivity contribution in [1.82, 2.24) is 0 Å². The van der Waals surface area contributed by atoms with Gasteiger partial charge in [-0.1, -0.05) is 24.3 Å². The lowest BCUT2D eigenvalue weighted by Crippen LogP contribution is -2.06. The van der Waals surface area contributed by atoms with Gasteiger partial charge in [-0.15, -0.1) is 0 Å². The van der Waals surface area contributed by atoms with Crippen molar-refractivity contribution in [2.24, 2.45) is 0 Å². The maximum absolute atomic E-state index is 13.5. The van der Waals surface area contributed by atoms with Crippen molar-refractivity contribution in [2.45, 2.75) is 9.79 Å². The van der Waals surface area contributed by atoms with Crippen LogP contribution in [0.5, 0.6) is 34.5 Å². The molecule has 2 N–H and O–H groups in total. The number of rotatable bonds is 6. The molecule has 4 rings (SSSR count). The SMILES string of the molecule is O=S(=O)(c1ccccc1Oc1ccc(O)cc1)c1ccccc1Oc1ccc(O)cc1. The summed E-state index contributed by atoms with van der Waals surface area (Å²) in [6, 6.07) is 24.6. The summed E-state index contributed by atoms with van der Waals surface area (Å²) in [6.45, 7) is 0. The van der Waals surface area contributed by atoms with Crippen molar-refractivity contribution in [3.8, 4) is 34.5 Å². The van der Waals surface area contributed by atoms with Crippen LogP contribution in [0.3, 0.4) is 0 Å². The molecule has 0 atom stereocenters. The van der Waals surface area contributed by atoms with E-state index in [0.29, 0.717) is 11.5 Å². The zero-order valence-electron chi connectivity index (χ0n) is 16.2. The molecule has 0 aliphatic heterocycles. The molecule has 156 valence electrons. The number of phenolic OH excluding ortho intramolecular Hbond substituents is 2. The molecule has 0 aliphatic rings. The number of aromatic hydroxyl groups is 2. The summed E-state index contributed by atoms with van der Waals surface area (Å²) in [5, 5.41) is 18.9. The molecule has 0 amide bonds. The van der Waals surface area contributed by atoms with Gasteiger partial charge in [0.25, 0.3) is 0 Å².